The maximum absolute atomic E-state index is 13.3. The second-order valence-corrected chi connectivity index (χ2v) is 9.24. The highest BCUT2D eigenvalue weighted by molar-refractivity contribution is 7.10. The number of carbonyl (C=O) groups is 2. The monoisotopic (exact) mass is 411 g/mol. The predicted molar refractivity (Wildman–Crippen MR) is 119 cm³/mol. The minimum atomic E-state index is -0.0495. The van der Waals surface area contributed by atoms with Crippen molar-refractivity contribution in [2.45, 2.75) is 39.0 Å². The van der Waals surface area contributed by atoms with Crippen molar-refractivity contribution in [3.63, 3.8) is 0 Å². The van der Waals surface area contributed by atoms with Gasteiger partial charge < -0.3 is 15.1 Å². The first-order valence-corrected chi connectivity index (χ1v) is 11.5. The van der Waals surface area contributed by atoms with Crippen molar-refractivity contribution in [2.24, 2.45) is 5.92 Å². The second-order valence-electron chi connectivity index (χ2n) is 8.21. The molecule has 2 aliphatic rings. The number of rotatable bonds is 5. The summed E-state index contributed by atoms with van der Waals surface area (Å²) in [6, 6.07) is 9.74. The van der Waals surface area contributed by atoms with Gasteiger partial charge in [-0.1, -0.05) is 13.0 Å². The molecule has 2 aromatic rings. The van der Waals surface area contributed by atoms with E-state index in [1.54, 1.807) is 11.3 Å². The van der Waals surface area contributed by atoms with Crippen molar-refractivity contribution >= 4 is 34.5 Å². The third-order valence-electron chi connectivity index (χ3n) is 5.94. The second kappa shape index (κ2) is 8.99. The van der Waals surface area contributed by atoms with Crippen molar-refractivity contribution in [1.82, 2.24) is 4.90 Å². The summed E-state index contributed by atoms with van der Waals surface area (Å²) in [5.41, 5.74) is 2.42. The molecule has 0 saturated carbocycles. The number of nitrogens with zero attached hydrogens (tertiary/aromatic N) is 2. The summed E-state index contributed by atoms with van der Waals surface area (Å²) in [6.07, 6.45) is 4.80. The lowest BCUT2D eigenvalue weighted by Crippen LogP contribution is -2.35. The van der Waals surface area contributed by atoms with E-state index in [0.717, 1.165) is 73.9 Å². The van der Waals surface area contributed by atoms with E-state index in [-0.39, 0.29) is 11.8 Å². The molecule has 3 heterocycles. The highest BCUT2D eigenvalue weighted by atomic mass is 32.1. The number of carbonyl (C=O) groups excluding carboxylic acids is 2. The van der Waals surface area contributed by atoms with Crippen LogP contribution >= 0.6 is 11.3 Å². The fraction of sp³-hybridized carbons (Fsp3) is 0.478. The number of hydrogen-bond acceptors (Lipinski definition) is 4. The van der Waals surface area contributed by atoms with E-state index in [1.165, 1.54) is 0 Å². The molecule has 1 N–H and O–H groups in total. The van der Waals surface area contributed by atoms with E-state index in [4.69, 9.17) is 0 Å². The van der Waals surface area contributed by atoms with Crippen molar-refractivity contribution in [3.05, 3.63) is 46.2 Å². The van der Waals surface area contributed by atoms with Gasteiger partial charge in [-0.05, 0) is 61.2 Å². The summed E-state index contributed by atoms with van der Waals surface area (Å²) in [5.74, 6) is 0.775. The Bertz CT molecular complexity index is 851. The highest BCUT2D eigenvalue weighted by Crippen LogP contribution is 2.30. The molecule has 1 aromatic heterocycles. The lowest BCUT2D eigenvalue weighted by molar-refractivity contribution is -0.115. The average Bonchev–Trinajstić information content (AvgIpc) is 3.42. The van der Waals surface area contributed by atoms with Gasteiger partial charge >= 0.3 is 0 Å². The molecule has 1 aromatic carbocycles. The summed E-state index contributed by atoms with van der Waals surface area (Å²) in [4.78, 5) is 31.0. The summed E-state index contributed by atoms with van der Waals surface area (Å²) in [6.45, 7) is 5.89. The first-order chi connectivity index (χ1) is 14.1. The zero-order chi connectivity index (χ0) is 20.2. The van der Waals surface area contributed by atoms with Crippen molar-refractivity contribution in [1.29, 1.82) is 0 Å². The first kappa shape index (κ1) is 20.0. The van der Waals surface area contributed by atoms with Crippen LogP contribution in [-0.2, 0) is 11.2 Å². The molecule has 0 spiro atoms. The van der Waals surface area contributed by atoms with E-state index in [2.05, 4.69) is 17.1 Å². The smallest absolute Gasteiger partial charge is 0.256 e. The normalized spacial score (nSPS) is 17.6. The van der Waals surface area contributed by atoms with Crippen molar-refractivity contribution in [2.75, 3.05) is 36.4 Å². The predicted octanol–water partition coefficient (Wildman–Crippen LogP) is 4.40. The van der Waals surface area contributed by atoms with Crippen LogP contribution < -0.4 is 10.2 Å². The zero-order valence-corrected chi connectivity index (χ0v) is 17.8. The molecule has 5 nitrogen and oxygen atoms in total. The van der Waals surface area contributed by atoms with Gasteiger partial charge in [0, 0.05) is 42.4 Å². The third kappa shape index (κ3) is 4.81. The number of nitrogens with one attached hydrogen (secondary N) is 1. The molecule has 0 aliphatic carbocycles. The van der Waals surface area contributed by atoms with Crippen LogP contribution in [0.2, 0.25) is 0 Å². The minimum absolute atomic E-state index is 0.0495. The number of piperidine rings is 1. The van der Waals surface area contributed by atoms with Crippen LogP contribution in [0.25, 0.3) is 0 Å². The Balaban J connectivity index is 1.56. The maximum atomic E-state index is 13.3. The lowest BCUT2D eigenvalue weighted by Gasteiger charge is -2.34. The van der Waals surface area contributed by atoms with Crippen LogP contribution in [0, 0.1) is 5.92 Å². The molecule has 4 rings (SSSR count). The topological polar surface area (TPSA) is 52.7 Å². The van der Waals surface area contributed by atoms with E-state index >= 15 is 0 Å². The van der Waals surface area contributed by atoms with Crippen LogP contribution in [0.4, 0.5) is 11.4 Å². The van der Waals surface area contributed by atoms with Gasteiger partial charge in [0.2, 0.25) is 5.91 Å². The van der Waals surface area contributed by atoms with E-state index in [0.29, 0.717) is 12.1 Å². The lowest BCUT2D eigenvalue weighted by atomic mass is 9.97. The molecule has 0 unspecified atom stereocenters. The van der Waals surface area contributed by atoms with Crippen LogP contribution in [0.5, 0.6) is 0 Å². The van der Waals surface area contributed by atoms with Gasteiger partial charge in [0.15, 0.2) is 0 Å². The summed E-state index contributed by atoms with van der Waals surface area (Å²) >= 11 is 1.58. The Morgan fingerprint density at radius 1 is 1.10 bits per heavy atom. The quantitative estimate of drug-likeness (QED) is 0.793. The van der Waals surface area contributed by atoms with Gasteiger partial charge in [0.1, 0.15) is 0 Å². The van der Waals surface area contributed by atoms with Gasteiger partial charge in [0.25, 0.3) is 5.91 Å². The van der Waals surface area contributed by atoms with Gasteiger partial charge in [0.05, 0.1) is 12.0 Å². The number of benzene rings is 1. The minimum Gasteiger partial charge on any atom is -0.371 e. The first-order valence-electron chi connectivity index (χ1n) is 10.6. The number of hydrogen-bond donors (Lipinski definition) is 1. The average molecular weight is 412 g/mol. The van der Waals surface area contributed by atoms with Crippen molar-refractivity contribution < 1.29 is 9.59 Å². The number of amides is 2. The molecule has 2 amide bonds. The molecule has 6 heteroatoms. The Morgan fingerprint density at radius 2 is 1.86 bits per heavy atom. The molecule has 0 atom stereocenters. The summed E-state index contributed by atoms with van der Waals surface area (Å²) < 4.78 is 0. The van der Waals surface area contributed by atoms with Gasteiger partial charge in [-0.2, -0.15) is 0 Å². The SMILES string of the molecule is CC1CCN(c2ccc(NC(=O)Cc3cccs3)cc2C(=O)N2CCCC2)CC1. The van der Waals surface area contributed by atoms with Gasteiger partial charge in [-0.25, -0.2) is 0 Å². The molecular weight excluding hydrogens is 382 g/mol. The Hall–Kier alpha value is -2.34. The molecule has 0 bridgehead atoms. The fourth-order valence-electron chi connectivity index (χ4n) is 4.18. The van der Waals surface area contributed by atoms with E-state index in [9.17, 15) is 9.59 Å². The molecule has 29 heavy (non-hydrogen) atoms. The summed E-state index contributed by atoms with van der Waals surface area (Å²) in [5, 5.41) is 4.96. The molecule has 2 saturated heterocycles. The molecular formula is C23H29N3O2S. The third-order valence-corrected chi connectivity index (χ3v) is 6.82. The van der Waals surface area contributed by atoms with Crippen LogP contribution in [0.1, 0.15) is 47.8 Å². The van der Waals surface area contributed by atoms with Gasteiger partial charge in [-0.15, -0.1) is 11.3 Å². The van der Waals surface area contributed by atoms with E-state index in [1.807, 2.05) is 40.6 Å². The molecule has 0 radical (unpaired) electrons. The Kier molecular flexibility index (Phi) is 6.19. The summed E-state index contributed by atoms with van der Waals surface area (Å²) in [7, 11) is 0. The van der Waals surface area contributed by atoms with Crippen LogP contribution in [0.3, 0.4) is 0 Å². The maximum Gasteiger partial charge on any atom is 0.256 e. The number of thiophene rings is 1. The standard InChI is InChI=1S/C23H29N3O2S/c1-17-8-12-25(13-9-17)21-7-6-18(24-22(27)16-19-5-4-14-29-19)15-20(21)23(28)26-10-2-3-11-26/h4-7,14-15,17H,2-3,8-13,16H2,1H3,(H,24,27). The van der Waals surface area contributed by atoms with Crippen LogP contribution in [0.15, 0.2) is 35.7 Å². The van der Waals surface area contributed by atoms with Crippen LogP contribution in [-0.4, -0.2) is 42.9 Å². The molecule has 2 fully saturated rings. The fourth-order valence-corrected chi connectivity index (χ4v) is 4.88. The number of anilines is 2. The Labute approximate surface area is 176 Å². The van der Waals surface area contributed by atoms with Crippen molar-refractivity contribution in [3.8, 4) is 0 Å². The zero-order valence-electron chi connectivity index (χ0n) is 17.0. The molecule has 154 valence electrons. The Morgan fingerprint density at radius 3 is 2.55 bits per heavy atom. The largest absolute Gasteiger partial charge is 0.371 e. The highest BCUT2D eigenvalue weighted by Gasteiger charge is 2.26. The molecule has 2 aliphatic heterocycles. The van der Waals surface area contributed by atoms with E-state index < -0.39 is 0 Å². The van der Waals surface area contributed by atoms with Gasteiger partial charge in [-0.3, -0.25) is 9.59 Å². The number of likely N-dealkylation sites (tertiary alicyclic amines) is 1.